The molecule has 1 aromatic heterocycles. The predicted molar refractivity (Wildman–Crippen MR) is 65.6 cm³/mol. The molecule has 0 radical (unpaired) electrons. The summed E-state index contributed by atoms with van der Waals surface area (Å²) >= 11 is 0. The summed E-state index contributed by atoms with van der Waals surface area (Å²) in [6.07, 6.45) is -4.66. The maximum Gasteiger partial charge on any atom is 0.433 e. The zero-order chi connectivity index (χ0) is 14.8. The molecule has 0 unspecified atom stereocenters. The van der Waals surface area contributed by atoms with Gasteiger partial charge in [-0.3, -0.25) is 10.1 Å². The molecule has 0 aliphatic heterocycles. The molecule has 0 saturated heterocycles. The number of nitro groups is 1. The van der Waals surface area contributed by atoms with E-state index in [0.29, 0.717) is 11.8 Å². The predicted octanol–water partition coefficient (Wildman–Crippen LogP) is 3.75. The highest BCUT2D eigenvalue weighted by Gasteiger charge is 2.34. The smallest absolute Gasteiger partial charge is 0.334 e. The second kappa shape index (κ2) is 5.16. The van der Waals surface area contributed by atoms with Crippen LogP contribution in [0.1, 0.15) is 5.69 Å². The Balaban J connectivity index is 2.45. The average molecular weight is 283 g/mol. The second-order valence-electron chi connectivity index (χ2n) is 3.81. The van der Waals surface area contributed by atoms with E-state index in [1.807, 2.05) is 0 Å². The Morgan fingerprint density at radius 1 is 1.10 bits per heavy atom. The third kappa shape index (κ3) is 3.02. The van der Waals surface area contributed by atoms with Gasteiger partial charge in [-0.15, -0.1) is 0 Å². The van der Waals surface area contributed by atoms with E-state index in [-0.39, 0.29) is 0 Å². The first-order valence-electron chi connectivity index (χ1n) is 5.42. The molecule has 104 valence electrons. The van der Waals surface area contributed by atoms with Gasteiger partial charge >= 0.3 is 11.9 Å². The first-order valence-corrected chi connectivity index (χ1v) is 5.42. The third-order valence-electron chi connectivity index (χ3n) is 2.40. The third-order valence-corrected chi connectivity index (χ3v) is 2.40. The van der Waals surface area contributed by atoms with Crippen LogP contribution in [0.15, 0.2) is 42.5 Å². The van der Waals surface area contributed by atoms with Crippen molar-refractivity contribution in [1.29, 1.82) is 0 Å². The molecule has 0 bridgehead atoms. The van der Waals surface area contributed by atoms with Gasteiger partial charge in [-0.1, -0.05) is 18.2 Å². The number of nitrogens with one attached hydrogen (secondary N) is 1. The summed E-state index contributed by atoms with van der Waals surface area (Å²) in [5.74, 6) is -0.448. The fourth-order valence-electron chi connectivity index (χ4n) is 1.51. The maximum atomic E-state index is 12.6. The number of para-hydroxylation sites is 1. The number of halogens is 3. The largest absolute Gasteiger partial charge is 0.433 e. The van der Waals surface area contributed by atoms with Crippen molar-refractivity contribution in [3.8, 4) is 0 Å². The first kappa shape index (κ1) is 13.8. The highest BCUT2D eigenvalue weighted by Crippen LogP contribution is 2.32. The molecule has 1 N–H and O–H groups in total. The van der Waals surface area contributed by atoms with Gasteiger partial charge in [-0.05, 0) is 18.2 Å². The molecule has 20 heavy (non-hydrogen) atoms. The molecule has 0 aliphatic carbocycles. The van der Waals surface area contributed by atoms with E-state index in [1.54, 1.807) is 30.3 Å². The molecular formula is C12H8F3N3O2. The standard InChI is InChI=1S/C12H8F3N3O2/c13-12(14,15)10-7-6-9(18(19)20)11(17-10)16-8-4-2-1-3-5-8/h1-7H,(H,16,17). The number of hydrogen-bond donors (Lipinski definition) is 1. The molecule has 8 heteroatoms. The molecule has 0 atom stereocenters. The molecule has 0 spiro atoms. The number of anilines is 2. The summed E-state index contributed by atoms with van der Waals surface area (Å²) in [7, 11) is 0. The number of hydrogen-bond acceptors (Lipinski definition) is 4. The van der Waals surface area contributed by atoms with E-state index >= 15 is 0 Å². The number of benzene rings is 1. The van der Waals surface area contributed by atoms with E-state index in [4.69, 9.17) is 0 Å². The first-order chi connectivity index (χ1) is 9.38. The maximum absolute atomic E-state index is 12.6. The minimum atomic E-state index is -4.66. The lowest BCUT2D eigenvalue weighted by atomic mass is 10.3. The normalized spacial score (nSPS) is 11.2. The van der Waals surface area contributed by atoms with Gasteiger partial charge in [0, 0.05) is 11.8 Å². The van der Waals surface area contributed by atoms with Crippen molar-refractivity contribution in [3.05, 3.63) is 58.3 Å². The Hall–Kier alpha value is -2.64. The Bertz CT molecular complexity index is 630. The molecule has 0 aliphatic rings. The van der Waals surface area contributed by atoms with Crippen LogP contribution in [0.4, 0.5) is 30.4 Å². The van der Waals surface area contributed by atoms with Crippen molar-refractivity contribution in [3.63, 3.8) is 0 Å². The number of nitrogens with zero attached hydrogens (tertiary/aromatic N) is 2. The molecule has 5 nitrogen and oxygen atoms in total. The van der Waals surface area contributed by atoms with Gasteiger partial charge in [-0.2, -0.15) is 13.2 Å². The topological polar surface area (TPSA) is 68.1 Å². The lowest BCUT2D eigenvalue weighted by Crippen LogP contribution is -2.10. The van der Waals surface area contributed by atoms with Crippen LogP contribution in [0.2, 0.25) is 0 Å². The van der Waals surface area contributed by atoms with Gasteiger partial charge in [-0.25, -0.2) is 4.98 Å². The van der Waals surface area contributed by atoms with E-state index in [2.05, 4.69) is 10.3 Å². The highest BCUT2D eigenvalue weighted by atomic mass is 19.4. The Kier molecular flexibility index (Phi) is 3.55. The number of aromatic nitrogens is 1. The van der Waals surface area contributed by atoms with Crippen LogP contribution >= 0.6 is 0 Å². The molecule has 2 rings (SSSR count). The van der Waals surface area contributed by atoms with Crippen LogP contribution in [0, 0.1) is 10.1 Å². The van der Waals surface area contributed by atoms with Crippen LogP contribution in [-0.4, -0.2) is 9.91 Å². The zero-order valence-corrected chi connectivity index (χ0v) is 9.89. The Morgan fingerprint density at radius 2 is 1.75 bits per heavy atom. The molecular weight excluding hydrogens is 275 g/mol. The molecule has 1 heterocycles. The number of pyridine rings is 1. The molecule has 0 fully saturated rings. The van der Waals surface area contributed by atoms with Gasteiger partial charge in [0.15, 0.2) is 0 Å². The summed E-state index contributed by atoms with van der Waals surface area (Å²) in [6.45, 7) is 0. The van der Waals surface area contributed by atoms with Crippen molar-refractivity contribution >= 4 is 17.2 Å². The van der Waals surface area contributed by atoms with Crippen LogP contribution in [-0.2, 0) is 6.18 Å². The number of rotatable bonds is 3. The SMILES string of the molecule is O=[N+]([O-])c1ccc(C(F)(F)F)nc1Nc1ccccc1. The van der Waals surface area contributed by atoms with E-state index in [9.17, 15) is 23.3 Å². The lowest BCUT2D eigenvalue weighted by molar-refractivity contribution is -0.384. The highest BCUT2D eigenvalue weighted by molar-refractivity contribution is 5.65. The minimum absolute atomic E-state index is 0.405. The van der Waals surface area contributed by atoms with Crippen LogP contribution in [0.5, 0.6) is 0 Å². The van der Waals surface area contributed by atoms with Crippen molar-refractivity contribution in [2.75, 3.05) is 5.32 Å². The summed E-state index contributed by atoms with van der Waals surface area (Å²) < 4.78 is 37.7. The van der Waals surface area contributed by atoms with E-state index < -0.39 is 28.3 Å². The van der Waals surface area contributed by atoms with Crippen molar-refractivity contribution in [1.82, 2.24) is 4.98 Å². The van der Waals surface area contributed by atoms with Crippen LogP contribution < -0.4 is 5.32 Å². The number of alkyl halides is 3. The Morgan fingerprint density at radius 3 is 2.30 bits per heavy atom. The van der Waals surface area contributed by atoms with Crippen molar-refractivity contribution in [2.24, 2.45) is 0 Å². The fraction of sp³-hybridized carbons (Fsp3) is 0.0833. The van der Waals surface area contributed by atoms with Gasteiger partial charge in [0.05, 0.1) is 4.92 Å². The van der Waals surface area contributed by atoms with Crippen LogP contribution in [0.25, 0.3) is 0 Å². The minimum Gasteiger partial charge on any atom is -0.334 e. The molecule has 1 aromatic carbocycles. The van der Waals surface area contributed by atoms with Crippen LogP contribution in [0.3, 0.4) is 0 Å². The van der Waals surface area contributed by atoms with Gasteiger partial charge < -0.3 is 5.32 Å². The summed E-state index contributed by atoms with van der Waals surface area (Å²) in [5, 5.41) is 13.3. The van der Waals surface area contributed by atoms with E-state index in [0.717, 1.165) is 6.07 Å². The second-order valence-corrected chi connectivity index (χ2v) is 3.81. The summed E-state index contributed by atoms with van der Waals surface area (Å²) in [5.41, 5.74) is -1.31. The van der Waals surface area contributed by atoms with Crippen molar-refractivity contribution in [2.45, 2.75) is 6.18 Å². The van der Waals surface area contributed by atoms with Gasteiger partial charge in [0.2, 0.25) is 5.82 Å². The lowest BCUT2D eigenvalue weighted by Gasteiger charge is -2.10. The monoisotopic (exact) mass is 283 g/mol. The average Bonchev–Trinajstić information content (AvgIpc) is 2.38. The molecule has 0 amide bonds. The molecule has 0 saturated carbocycles. The summed E-state index contributed by atoms with van der Waals surface area (Å²) in [4.78, 5) is 13.3. The summed E-state index contributed by atoms with van der Waals surface area (Å²) in [6, 6.07) is 9.47. The molecule has 2 aromatic rings. The van der Waals surface area contributed by atoms with E-state index in [1.165, 1.54) is 0 Å². The van der Waals surface area contributed by atoms with Gasteiger partial charge in [0.25, 0.3) is 0 Å². The quantitative estimate of drug-likeness (QED) is 0.688. The Labute approximate surface area is 111 Å². The van der Waals surface area contributed by atoms with Crippen molar-refractivity contribution < 1.29 is 18.1 Å². The zero-order valence-electron chi connectivity index (χ0n) is 9.89. The van der Waals surface area contributed by atoms with Gasteiger partial charge in [0.1, 0.15) is 5.69 Å². The fourth-order valence-corrected chi connectivity index (χ4v) is 1.51.